The van der Waals surface area contributed by atoms with Crippen LogP contribution in [0, 0.1) is 0 Å². The molecule has 1 atom stereocenters. The van der Waals surface area contributed by atoms with Crippen molar-refractivity contribution in [2.45, 2.75) is 19.3 Å². The van der Waals surface area contributed by atoms with Crippen molar-refractivity contribution in [2.24, 2.45) is 0 Å². The predicted octanol–water partition coefficient (Wildman–Crippen LogP) is -0.739. The first-order valence-electron chi connectivity index (χ1n) is 3.49. The number of hydrogen-bond acceptors (Lipinski definition) is 4. The highest BCUT2D eigenvalue weighted by Gasteiger charge is 2.25. The highest BCUT2D eigenvalue weighted by molar-refractivity contribution is 5.72. The second kappa shape index (κ2) is 2.56. The summed E-state index contributed by atoms with van der Waals surface area (Å²) in [7, 11) is 0. The fraction of sp³-hybridized carbons (Fsp3) is 0.500. The van der Waals surface area contributed by atoms with Crippen LogP contribution in [0.15, 0.2) is 6.20 Å². The monoisotopic (exact) mass is 169 g/mol. The molecule has 0 aliphatic carbocycles. The smallest absolute Gasteiger partial charge is 0.334 e. The number of carboxylic acid groups (broad SMARTS) is 1. The number of carboxylic acids is 1. The SMILES string of the molecule is O=C(O)C1Cn2nncc2CO1. The van der Waals surface area contributed by atoms with Crippen LogP contribution in [0.25, 0.3) is 0 Å². The summed E-state index contributed by atoms with van der Waals surface area (Å²) in [5.41, 5.74) is 0.813. The van der Waals surface area contributed by atoms with Crippen molar-refractivity contribution in [1.82, 2.24) is 15.0 Å². The molecule has 0 bridgehead atoms. The van der Waals surface area contributed by atoms with E-state index in [0.29, 0.717) is 0 Å². The standard InChI is InChI=1S/C6H7N3O3/c10-6(11)5-2-9-4(3-12-5)1-7-8-9/h1,5H,2-3H2,(H,10,11). The molecule has 0 spiro atoms. The van der Waals surface area contributed by atoms with E-state index < -0.39 is 12.1 Å². The van der Waals surface area contributed by atoms with E-state index in [1.807, 2.05) is 0 Å². The van der Waals surface area contributed by atoms with Crippen molar-refractivity contribution in [1.29, 1.82) is 0 Å². The topological polar surface area (TPSA) is 77.2 Å². The molecule has 0 amide bonds. The summed E-state index contributed by atoms with van der Waals surface area (Å²) in [4.78, 5) is 10.5. The molecule has 0 fully saturated rings. The maximum absolute atomic E-state index is 10.5. The molecule has 1 aliphatic heterocycles. The molecule has 1 N–H and O–H groups in total. The van der Waals surface area contributed by atoms with Gasteiger partial charge in [0.15, 0.2) is 6.10 Å². The third-order valence-corrected chi connectivity index (χ3v) is 1.74. The first kappa shape index (κ1) is 7.23. The van der Waals surface area contributed by atoms with Crippen molar-refractivity contribution >= 4 is 5.97 Å². The Bertz CT molecular complexity index is 309. The average Bonchev–Trinajstić information content (AvgIpc) is 2.49. The minimum atomic E-state index is -0.962. The second-order valence-corrected chi connectivity index (χ2v) is 2.55. The van der Waals surface area contributed by atoms with E-state index in [2.05, 4.69) is 10.3 Å². The zero-order chi connectivity index (χ0) is 8.55. The Balaban J connectivity index is 2.20. The van der Waals surface area contributed by atoms with Crippen molar-refractivity contribution < 1.29 is 14.6 Å². The lowest BCUT2D eigenvalue weighted by Gasteiger charge is -2.19. The molecular formula is C6H7N3O3. The maximum Gasteiger partial charge on any atom is 0.334 e. The molecule has 64 valence electrons. The van der Waals surface area contributed by atoms with Crippen LogP contribution in [-0.4, -0.2) is 32.2 Å². The fourth-order valence-corrected chi connectivity index (χ4v) is 1.09. The highest BCUT2D eigenvalue weighted by atomic mass is 16.5. The Morgan fingerprint density at radius 3 is 3.42 bits per heavy atom. The molecule has 6 nitrogen and oxygen atoms in total. The second-order valence-electron chi connectivity index (χ2n) is 2.55. The van der Waals surface area contributed by atoms with Crippen LogP contribution in [0.2, 0.25) is 0 Å². The van der Waals surface area contributed by atoms with E-state index in [1.54, 1.807) is 10.9 Å². The number of hydrogen-bond donors (Lipinski definition) is 1. The lowest BCUT2D eigenvalue weighted by atomic mass is 10.3. The van der Waals surface area contributed by atoms with Gasteiger partial charge in [0.2, 0.25) is 0 Å². The molecule has 0 aromatic carbocycles. The third-order valence-electron chi connectivity index (χ3n) is 1.74. The quantitative estimate of drug-likeness (QED) is 0.599. The molecule has 1 aromatic rings. The molecule has 12 heavy (non-hydrogen) atoms. The van der Waals surface area contributed by atoms with Crippen LogP contribution in [0.3, 0.4) is 0 Å². The van der Waals surface area contributed by atoms with Crippen LogP contribution >= 0.6 is 0 Å². The molecule has 1 unspecified atom stereocenters. The Kier molecular flexibility index (Phi) is 1.54. The van der Waals surface area contributed by atoms with E-state index >= 15 is 0 Å². The number of aromatic nitrogens is 3. The minimum Gasteiger partial charge on any atom is -0.479 e. The van der Waals surface area contributed by atoms with Gasteiger partial charge in [0, 0.05) is 0 Å². The Labute approximate surface area is 67.7 Å². The van der Waals surface area contributed by atoms with Crippen LogP contribution in [0.4, 0.5) is 0 Å². The number of fused-ring (bicyclic) bond motifs is 1. The summed E-state index contributed by atoms with van der Waals surface area (Å²) in [5.74, 6) is -0.962. The van der Waals surface area contributed by atoms with Crippen molar-refractivity contribution in [3.05, 3.63) is 11.9 Å². The molecule has 2 heterocycles. The number of nitrogens with zero attached hydrogens (tertiary/aromatic N) is 3. The zero-order valence-electron chi connectivity index (χ0n) is 6.17. The molecule has 0 saturated carbocycles. The van der Waals surface area contributed by atoms with Gasteiger partial charge >= 0.3 is 5.97 Å². The van der Waals surface area contributed by atoms with Crippen LogP contribution < -0.4 is 0 Å². The summed E-state index contributed by atoms with van der Waals surface area (Å²) in [6.45, 7) is 0.509. The van der Waals surface area contributed by atoms with E-state index in [1.165, 1.54) is 0 Å². The van der Waals surface area contributed by atoms with Crippen LogP contribution in [-0.2, 0) is 22.7 Å². The van der Waals surface area contributed by atoms with Gasteiger partial charge in [0.25, 0.3) is 0 Å². The van der Waals surface area contributed by atoms with E-state index in [9.17, 15) is 4.79 Å². The van der Waals surface area contributed by atoms with Gasteiger partial charge in [-0.15, -0.1) is 5.10 Å². The Hall–Kier alpha value is -1.43. The molecular weight excluding hydrogens is 162 g/mol. The van der Waals surface area contributed by atoms with Gasteiger partial charge in [-0.05, 0) is 0 Å². The summed E-state index contributed by atoms with van der Waals surface area (Å²) < 4.78 is 6.57. The Morgan fingerprint density at radius 1 is 1.83 bits per heavy atom. The third kappa shape index (κ3) is 1.06. The van der Waals surface area contributed by atoms with Crippen molar-refractivity contribution in [3.63, 3.8) is 0 Å². The van der Waals surface area contributed by atoms with Gasteiger partial charge in [0.05, 0.1) is 25.0 Å². The van der Waals surface area contributed by atoms with E-state index in [4.69, 9.17) is 9.84 Å². The summed E-state index contributed by atoms with van der Waals surface area (Å²) in [6.07, 6.45) is 0.775. The minimum absolute atomic E-state index is 0.241. The van der Waals surface area contributed by atoms with E-state index in [-0.39, 0.29) is 13.2 Å². The molecule has 1 aliphatic rings. The van der Waals surface area contributed by atoms with Gasteiger partial charge < -0.3 is 9.84 Å². The maximum atomic E-state index is 10.5. The van der Waals surface area contributed by atoms with Crippen molar-refractivity contribution in [2.75, 3.05) is 0 Å². The van der Waals surface area contributed by atoms with Gasteiger partial charge in [0.1, 0.15) is 0 Å². The zero-order valence-corrected chi connectivity index (χ0v) is 6.17. The lowest BCUT2D eigenvalue weighted by molar-refractivity contribution is -0.154. The van der Waals surface area contributed by atoms with Gasteiger partial charge in [-0.3, -0.25) is 0 Å². The largest absolute Gasteiger partial charge is 0.479 e. The lowest BCUT2D eigenvalue weighted by Crippen LogP contribution is -2.34. The molecule has 1 aromatic heterocycles. The summed E-state index contributed by atoms with van der Waals surface area (Å²) >= 11 is 0. The van der Waals surface area contributed by atoms with Crippen LogP contribution in [0.1, 0.15) is 5.69 Å². The number of rotatable bonds is 1. The molecule has 6 heteroatoms. The predicted molar refractivity (Wildman–Crippen MR) is 36.2 cm³/mol. The van der Waals surface area contributed by atoms with Gasteiger partial charge in [-0.2, -0.15) is 0 Å². The first-order chi connectivity index (χ1) is 5.77. The molecule has 0 saturated heterocycles. The summed E-state index contributed by atoms with van der Waals surface area (Å²) in [6, 6.07) is 0. The average molecular weight is 169 g/mol. The summed E-state index contributed by atoms with van der Waals surface area (Å²) in [5, 5.41) is 16.0. The highest BCUT2D eigenvalue weighted by Crippen LogP contribution is 2.10. The fourth-order valence-electron chi connectivity index (χ4n) is 1.09. The van der Waals surface area contributed by atoms with Crippen molar-refractivity contribution in [3.8, 4) is 0 Å². The first-order valence-corrected chi connectivity index (χ1v) is 3.49. The molecule has 0 radical (unpaired) electrons. The number of carbonyl (C=O) groups is 1. The van der Waals surface area contributed by atoms with Gasteiger partial charge in [-0.1, -0.05) is 5.21 Å². The Morgan fingerprint density at radius 2 is 2.67 bits per heavy atom. The number of aliphatic carboxylic acids is 1. The molecule has 2 rings (SSSR count). The van der Waals surface area contributed by atoms with Crippen LogP contribution in [0.5, 0.6) is 0 Å². The van der Waals surface area contributed by atoms with E-state index in [0.717, 1.165) is 5.69 Å². The number of ether oxygens (including phenoxy) is 1. The normalized spacial score (nSPS) is 21.8. The van der Waals surface area contributed by atoms with Gasteiger partial charge in [-0.25, -0.2) is 9.48 Å².